The maximum absolute atomic E-state index is 15.0. The molecule has 2 N–H and O–H groups in total. The second kappa shape index (κ2) is 9.06. The van der Waals surface area contributed by atoms with E-state index in [0.29, 0.717) is 6.07 Å². The third-order valence-electron chi connectivity index (χ3n) is 5.03. The number of nitrogens with one attached hydrogen (secondary N) is 2. The van der Waals surface area contributed by atoms with Crippen molar-refractivity contribution in [3.8, 4) is 0 Å². The molecule has 1 aliphatic heterocycles. The SMILES string of the molecule is CN(C)S(=O)(=O)N1CC[C@@H](NS(=O)(=O)c2cn(C)c(C(=O)Nc3ccc(F)c(F)c3)c2F)C1. The van der Waals surface area contributed by atoms with Crippen molar-refractivity contribution in [1.82, 2.24) is 17.9 Å². The van der Waals surface area contributed by atoms with Gasteiger partial charge in [-0.25, -0.2) is 26.3 Å². The lowest BCUT2D eigenvalue weighted by Gasteiger charge is -2.21. The van der Waals surface area contributed by atoms with Gasteiger partial charge >= 0.3 is 0 Å². The Labute approximate surface area is 189 Å². The molecule has 10 nitrogen and oxygen atoms in total. The predicted molar refractivity (Wildman–Crippen MR) is 113 cm³/mol. The summed E-state index contributed by atoms with van der Waals surface area (Å²) in [6.07, 6.45) is 1.06. The molecule has 1 amide bonds. The van der Waals surface area contributed by atoms with Crippen LogP contribution in [0.2, 0.25) is 0 Å². The molecule has 2 heterocycles. The summed E-state index contributed by atoms with van der Waals surface area (Å²) >= 11 is 0. The number of nitrogens with zero attached hydrogens (tertiary/aromatic N) is 3. The van der Waals surface area contributed by atoms with Gasteiger partial charge in [0, 0.05) is 58.2 Å². The van der Waals surface area contributed by atoms with Crippen LogP contribution in [0.15, 0.2) is 29.3 Å². The molecule has 182 valence electrons. The smallest absolute Gasteiger partial charge is 0.281 e. The number of amides is 1. The van der Waals surface area contributed by atoms with Crippen LogP contribution in [-0.2, 0) is 27.3 Å². The first-order valence-electron chi connectivity index (χ1n) is 9.55. The van der Waals surface area contributed by atoms with Crippen molar-refractivity contribution in [3.05, 3.63) is 47.5 Å². The molecule has 1 aromatic heterocycles. The molecule has 1 aliphatic rings. The van der Waals surface area contributed by atoms with Crippen molar-refractivity contribution in [2.24, 2.45) is 7.05 Å². The second-order valence-corrected chi connectivity index (χ2v) is 11.4. The van der Waals surface area contributed by atoms with Crippen LogP contribution in [0.4, 0.5) is 18.9 Å². The van der Waals surface area contributed by atoms with Gasteiger partial charge in [0.25, 0.3) is 16.1 Å². The zero-order valence-corrected chi connectivity index (χ0v) is 19.5. The van der Waals surface area contributed by atoms with Gasteiger partial charge < -0.3 is 9.88 Å². The lowest BCUT2D eigenvalue weighted by atomic mass is 10.3. The minimum absolute atomic E-state index is 0.0762. The minimum Gasteiger partial charge on any atom is -0.343 e. The highest BCUT2D eigenvalue weighted by Gasteiger charge is 2.36. The Bertz CT molecular complexity index is 1290. The Hall–Kier alpha value is -2.46. The van der Waals surface area contributed by atoms with E-state index in [0.717, 1.165) is 31.5 Å². The van der Waals surface area contributed by atoms with E-state index in [1.54, 1.807) is 0 Å². The largest absolute Gasteiger partial charge is 0.343 e. The summed E-state index contributed by atoms with van der Waals surface area (Å²) < 4.78 is 96.6. The highest BCUT2D eigenvalue weighted by atomic mass is 32.2. The van der Waals surface area contributed by atoms with Crippen molar-refractivity contribution in [2.45, 2.75) is 17.4 Å². The van der Waals surface area contributed by atoms with Crippen molar-refractivity contribution in [2.75, 3.05) is 32.5 Å². The fourth-order valence-corrected chi connectivity index (χ4v) is 5.88. The first-order chi connectivity index (χ1) is 15.2. The first kappa shape index (κ1) is 25.2. The number of carbonyl (C=O) groups is 1. The molecule has 1 aromatic carbocycles. The normalized spacial score (nSPS) is 17.6. The van der Waals surface area contributed by atoms with E-state index in [9.17, 15) is 34.8 Å². The number of halogens is 3. The van der Waals surface area contributed by atoms with Gasteiger partial charge in [0.15, 0.2) is 17.5 Å². The minimum atomic E-state index is -4.45. The molecule has 1 saturated heterocycles. The van der Waals surface area contributed by atoms with Gasteiger partial charge in [-0.15, -0.1) is 0 Å². The summed E-state index contributed by atoms with van der Waals surface area (Å²) in [5.41, 5.74) is -0.807. The quantitative estimate of drug-likeness (QED) is 0.574. The third kappa shape index (κ3) is 5.06. The van der Waals surface area contributed by atoms with Gasteiger partial charge in [-0.2, -0.15) is 17.0 Å². The lowest BCUT2D eigenvalue weighted by Crippen LogP contribution is -2.42. The summed E-state index contributed by atoms with van der Waals surface area (Å²) in [4.78, 5) is 11.7. The molecule has 0 bridgehead atoms. The van der Waals surface area contributed by atoms with Gasteiger partial charge in [-0.3, -0.25) is 4.79 Å². The van der Waals surface area contributed by atoms with Crippen LogP contribution in [0.3, 0.4) is 0 Å². The first-order valence-corrected chi connectivity index (χ1v) is 12.4. The van der Waals surface area contributed by atoms with Crippen LogP contribution in [0, 0.1) is 17.5 Å². The number of anilines is 1. The van der Waals surface area contributed by atoms with E-state index < -0.39 is 60.2 Å². The van der Waals surface area contributed by atoms with Crippen molar-refractivity contribution < 1.29 is 34.8 Å². The molecule has 15 heteroatoms. The number of hydrogen-bond donors (Lipinski definition) is 2. The molecule has 0 saturated carbocycles. The molecule has 0 unspecified atom stereocenters. The van der Waals surface area contributed by atoms with Gasteiger partial charge in [0.1, 0.15) is 10.6 Å². The summed E-state index contributed by atoms with van der Waals surface area (Å²) in [6.45, 7) is -0.0650. The van der Waals surface area contributed by atoms with Gasteiger partial charge in [-0.05, 0) is 18.6 Å². The van der Waals surface area contributed by atoms with Gasteiger partial charge in [0.05, 0.1) is 0 Å². The Morgan fingerprint density at radius 1 is 1.12 bits per heavy atom. The van der Waals surface area contributed by atoms with E-state index in [-0.39, 0.29) is 25.2 Å². The summed E-state index contributed by atoms with van der Waals surface area (Å²) in [6, 6.07) is 1.72. The molecule has 0 radical (unpaired) electrons. The fourth-order valence-electron chi connectivity index (χ4n) is 3.33. The number of aryl methyl sites for hydroxylation is 1. The molecule has 0 spiro atoms. The molecule has 2 aromatic rings. The molecule has 1 atom stereocenters. The monoisotopic (exact) mass is 509 g/mol. The van der Waals surface area contributed by atoms with Crippen LogP contribution in [0.5, 0.6) is 0 Å². The van der Waals surface area contributed by atoms with Gasteiger partial charge in [0.2, 0.25) is 10.0 Å². The maximum atomic E-state index is 15.0. The molecule has 0 aliphatic carbocycles. The zero-order chi connectivity index (χ0) is 24.7. The Morgan fingerprint density at radius 2 is 1.79 bits per heavy atom. The lowest BCUT2D eigenvalue weighted by molar-refractivity contribution is 0.101. The Balaban J connectivity index is 1.79. The zero-order valence-electron chi connectivity index (χ0n) is 17.8. The highest BCUT2D eigenvalue weighted by molar-refractivity contribution is 7.89. The summed E-state index contributed by atoms with van der Waals surface area (Å²) in [7, 11) is -4.26. The summed E-state index contributed by atoms with van der Waals surface area (Å²) in [5.74, 6) is -4.79. The number of sulfonamides is 1. The van der Waals surface area contributed by atoms with E-state index in [1.165, 1.54) is 21.1 Å². The van der Waals surface area contributed by atoms with Crippen LogP contribution in [-0.4, -0.2) is 69.1 Å². The topological polar surface area (TPSA) is 121 Å². The third-order valence-corrected chi connectivity index (χ3v) is 8.44. The standard InChI is InChI=1S/C18H22F3N5O5S2/c1-24(2)33(30,31)26-7-6-12(9-26)23-32(28,29)15-10-25(3)17(16(15)21)18(27)22-11-4-5-13(19)14(20)8-11/h4-5,8,10,12,23H,6-7,9H2,1-3H3,(H,22,27)/t12-/m1/s1. The second-order valence-electron chi connectivity index (χ2n) is 7.60. The average molecular weight is 510 g/mol. The van der Waals surface area contributed by atoms with E-state index in [2.05, 4.69) is 10.0 Å². The van der Waals surface area contributed by atoms with Crippen LogP contribution in [0.25, 0.3) is 0 Å². The fraction of sp³-hybridized carbons (Fsp3) is 0.389. The van der Waals surface area contributed by atoms with Crippen molar-refractivity contribution >= 4 is 31.8 Å². The van der Waals surface area contributed by atoms with Crippen molar-refractivity contribution in [3.63, 3.8) is 0 Å². The highest BCUT2D eigenvalue weighted by Crippen LogP contribution is 2.24. The number of rotatable bonds is 7. The number of hydrogen-bond acceptors (Lipinski definition) is 5. The maximum Gasteiger partial charge on any atom is 0.281 e. The molecule has 33 heavy (non-hydrogen) atoms. The van der Waals surface area contributed by atoms with Crippen LogP contribution < -0.4 is 10.0 Å². The summed E-state index contributed by atoms with van der Waals surface area (Å²) in [5, 5.41) is 2.18. The molecular weight excluding hydrogens is 487 g/mol. The van der Waals surface area contributed by atoms with E-state index in [1.807, 2.05) is 0 Å². The van der Waals surface area contributed by atoms with Crippen LogP contribution >= 0.6 is 0 Å². The van der Waals surface area contributed by atoms with E-state index >= 15 is 0 Å². The van der Waals surface area contributed by atoms with Gasteiger partial charge in [-0.1, -0.05) is 0 Å². The number of aromatic nitrogens is 1. The van der Waals surface area contributed by atoms with Crippen LogP contribution in [0.1, 0.15) is 16.9 Å². The number of benzene rings is 1. The predicted octanol–water partition coefficient (Wildman–Crippen LogP) is 0.854. The van der Waals surface area contributed by atoms with E-state index in [4.69, 9.17) is 0 Å². The molecule has 1 fully saturated rings. The number of carbonyl (C=O) groups excluding carboxylic acids is 1. The Morgan fingerprint density at radius 3 is 2.39 bits per heavy atom. The Kier molecular flexibility index (Phi) is 6.91. The molecular formula is C18H22F3N5O5S2. The molecule has 3 rings (SSSR count). The average Bonchev–Trinajstić information content (AvgIpc) is 3.29. The van der Waals surface area contributed by atoms with Crippen molar-refractivity contribution in [1.29, 1.82) is 0 Å².